The minimum atomic E-state index is 0.879. The number of imidazole rings is 1. The fraction of sp³-hybridized carbons (Fsp3) is 0.250. The van der Waals surface area contributed by atoms with E-state index in [0.717, 1.165) is 29.0 Å². The first kappa shape index (κ1) is 12.9. The Morgan fingerprint density at radius 3 is 3.00 bits per heavy atom. The average molecular weight is 406 g/mol. The minimum absolute atomic E-state index is 0.879. The number of benzene rings is 1. The Morgan fingerprint density at radius 2 is 2.29 bits per heavy atom. The zero-order chi connectivity index (χ0) is 12.3. The third-order valence-electron chi connectivity index (χ3n) is 2.51. The van der Waals surface area contributed by atoms with Crippen LogP contribution in [0.3, 0.4) is 0 Å². The van der Waals surface area contributed by atoms with E-state index in [1.807, 2.05) is 24.0 Å². The highest BCUT2D eigenvalue weighted by atomic mass is 127. The molecular formula is C12H13BrIN3. The number of rotatable bonds is 4. The second-order valence-corrected chi connectivity index (χ2v) is 5.86. The van der Waals surface area contributed by atoms with Gasteiger partial charge in [0, 0.05) is 46.1 Å². The molecule has 0 radical (unpaired) electrons. The predicted octanol–water partition coefficient (Wildman–Crippen LogP) is 3.44. The van der Waals surface area contributed by atoms with Crippen LogP contribution in [0.5, 0.6) is 0 Å². The zero-order valence-electron chi connectivity index (χ0n) is 9.45. The van der Waals surface area contributed by atoms with Crippen molar-refractivity contribution in [2.24, 2.45) is 7.05 Å². The van der Waals surface area contributed by atoms with Crippen molar-refractivity contribution in [1.82, 2.24) is 9.55 Å². The molecule has 0 fully saturated rings. The summed E-state index contributed by atoms with van der Waals surface area (Å²) in [6.45, 7) is 0.879. The molecule has 1 N–H and O–H groups in total. The zero-order valence-corrected chi connectivity index (χ0v) is 13.2. The maximum absolute atomic E-state index is 4.30. The lowest BCUT2D eigenvalue weighted by molar-refractivity contribution is 0.789. The lowest BCUT2D eigenvalue weighted by atomic mass is 10.3. The second-order valence-electron chi connectivity index (χ2n) is 3.76. The average Bonchev–Trinajstić information content (AvgIpc) is 2.70. The molecule has 0 aliphatic heterocycles. The van der Waals surface area contributed by atoms with E-state index in [9.17, 15) is 0 Å². The van der Waals surface area contributed by atoms with Gasteiger partial charge in [0.15, 0.2) is 0 Å². The van der Waals surface area contributed by atoms with Crippen LogP contribution in [0.15, 0.2) is 35.1 Å². The molecule has 1 heterocycles. The lowest BCUT2D eigenvalue weighted by Crippen LogP contribution is -2.09. The molecule has 0 saturated carbocycles. The van der Waals surface area contributed by atoms with Gasteiger partial charge < -0.3 is 9.88 Å². The van der Waals surface area contributed by atoms with Crippen LogP contribution in [0.4, 0.5) is 5.69 Å². The summed E-state index contributed by atoms with van der Waals surface area (Å²) in [4.78, 5) is 4.30. The molecule has 0 bridgehead atoms. The third kappa shape index (κ3) is 3.45. The maximum atomic E-state index is 4.30. The molecule has 17 heavy (non-hydrogen) atoms. The molecule has 1 aromatic heterocycles. The van der Waals surface area contributed by atoms with Crippen molar-refractivity contribution in [2.75, 3.05) is 11.9 Å². The highest BCUT2D eigenvalue weighted by Crippen LogP contribution is 2.24. The van der Waals surface area contributed by atoms with Crippen LogP contribution < -0.4 is 5.32 Å². The molecule has 0 aliphatic carbocycles. The number of nitrogens with one attached hydrogen (secondary N) is 1. The number of aryl methyl sites for hydroxylation is 1. The highest BCUT2D eigenvalue weighted by Gasteiger charge is 2.02. The third-order valence-corrected chi connectivity index (χ3v) is 3.88. The van der Waals surface area contributed by atoms with Crippen molar-refractivity contribution in [1.29, 1.82) is 0 Å². The summed E-state index contributed by atoms with van der Waals surface area (Å²) in [7, 11) is 2.02. The standard InChI is InChI=1S/C12H13BrIN3/c1-17-7-6-16-12(17)4-5-15-11-8-9(14)2-3-10(11)13/h2-3,6-8,15H,4-5H2,1H3. The van der Waals surface area contributed by atoms with Gasteiger partial charge in [0.2, 0.25) is 0 Å². The Hall–Kier alpha value is -0.560. The van der Waals surface area contributed by atoms with Crippen molar-refractivity contribution in [2.45, 2.75) is 6.42 Å². The van der Waals surface area contributed by atoms with Crippen molar-refractivity contribution in [3.8, 4) is 0 Å². The molecule has 3 nitrogen and oxygen atoms in total. The SMILES string of the molecule is Cn1ccnc1CCNc1cc(I)ccc1Br. The molecule has 0 saturated heterocycles. The van der Waals surface area contributed by atoms with E-state index in [-0.39, 0.29) is 0 Å². The number of anilines is 1. The topological polar surface area (TPSA) is 29.9 Å². The molecule has 2 rings (SSSR count). The molecule has 0 aliphatic rings. The van der Waals surface area contributed by atoms with E-state index in [2.05, 4.69) is 67.0 Å². The lowest BCUT2D eigenvalue weighted by Gasteiger charge is -2.09. The summed E-state index contributed by atoms with van der Waals surface area (Å²) in [5.74, 6) is 1.10. The van der Waals surface area contributed by atoms with E-state index >= 15 is 0 Å². The Labute approximate surface area is 123 Å². The van der Waals surface area contributed by atoms with Gasteiger partial charge in [-0.05, 0) is 56.7 Å². The van der Waals surface area contributed by atoms with Gasteiger partial charge in [-0.15, -0.1) is 0 Å². The van der Waals surface area contributed by atoms with Gasteiger partial charge in [0.1, 0.15) is 5.82 Å². The van der Waals surface area contributed by atoms with E-state index in [1.54, 1.807) is 0 Å². The molecule has 0 unspecified atom stereocenters. The number of nitrogens with zero attached hydrogens (tertiary/aromatic N) is 2. The Bertz CT molecular complexity index is 510. The quantitative estimate of drug-likeness (QED) is 0.789. The fourth-order valence-electron chi connectivity index (χ4n) is 1.58. The number of hydrogen-bond donors (Lipinski definition) is 1. The second kappa shape index (κ2) is 5.86. The summed E-state index contributed by atoms with van der Waals surface area (Å²) in [6, 6.07) is 6.27. The number of halogens is 2. The highest BCUT2D eigenvalue weighted by molar-refractivity contribution is 14.1. The van der Waals surface area contributed by atoms with Gasteiger partial charge in [0.05, 0.1) is 0 Å². The van der Waals surface area contributed by atoms with Gasteiger partial charge >= 0.3 is 0 Å². The summed E-state index contributed by atoms with van der Waals surface area (Å²) < 4.78 is 4.37. The van der Waals surface area contributed by atoms with Gasteiger partial charge in [-0.1, -0.05) is 0 Å². The van der Waals surface area contributed by atoms with E-state index in [0.29, 0.717) is 0 Å². The Morgan fingerprint density at radius 1 is 1.47 bits per heavy atom. The van der Waals surface area contributed by atoms with Gasteiger partial charge in [-0.3, -0.25) is 0 Å². The fourth-order valence-corrected chi connectivity index (χ4v) is 2.46. The Kier molecular flexibility index (Phi) is 4.44. The molecule has 0 amide bonds. The van der Waals surface area contributed by atoms with Crippen molar-refractivity contribution >= 4 is 44.2 Å². The monoisotopic (exact) mass is 405 g/mol. The van der Waals surface area contributed by atoms with E-state index in [4.69, 9.17) is 0 Å². The van der Waals surface area contributed by atoms with Crippen LogP contribution in [0, 0.1) is 3.57 Å². The molecule has 1 aromatic carbocycles. The summed E-state index contributed by atoms with van der Waals surface area (Å²) >= 11 is 5.85. The van der Waals surface area contributed by atoms with Crippen LogP contribution in [0.25, 0.3) is 0 Å². The van der Waals surface area contributed by atoms with Gasteiger partial charge in [-0.2, -0.15) is 0 Å². The first-order chi connectivity index (χ1) is 8.16. The summed E-state index contributed by atoms with van der Waals surface area (Å²) in [5, 5.41) is 3.41. The van der Waals surface area contributed by atoms with Gasteiger partial charge in [-0.25, -0.2) is 4.98 Å². The van der Waals surface area contributed by atoms with Crippen molar-refractivity contribution in [3.05, 3.63) is 44.5 Å². The van der Waals surface area contributed by atoms with Crippen LogP contribution in [0.2, 0.25) is 0 Å². The molecule has 90 valence electrons. The van der Waals surface area contributed by atoms with Crippen LogP contribution in [-0.4, -0.2) is 16.1 Å². The minimum Gasteiger partial charge on any atom is -0.384 e. The predicted molar refractivity (Wildman–Crippen MR) is 82.3 cm³/mol. The van der Waals surface area contributed by atoms with Crippen LogP contribution in [-0.2, 0) is 13.5 Å². The number of hydrogen-bond acceptors (Lipinski definition) is 2. The van der Waals surface area contributed by atoms with Crippen LogP contribution in [0.1, 0.15) is 5.82 Å². The van der Waals surface area contributed by atoms with Crippen LogP contribution >= 0.6 is 38.5 Å². The van der Waals surface area contributed by atoms with Crippen molar-refractivity contribution in [3.63, 3.8) is 0 Å². The molecule has 5 heteroatoms. The first-order valence-electron chi connectivity index (χ1n) is 5.32. The summed E-state index contributed by atoms with van der Waals surface area (Å²) in [5.41, 5.74) is 1.13. The number of aromatic nitrogens is 2. The van der Waals surface area contributed by atoms with Gasteiger partial charge in [0.25, 0.3) is 0 Å². The molecule has 2 aromatic rings. The maximum Gasteiger partial charge on any atom is 0.110 e. The molecule has 0 atom stereocenters. The molecular weight excluding hydrogens is 393 g/mol. The molecule has 0 spiro atoms. The Balaban J connectivity index is 1.94. The normalized spacial score (nSPS) is 10.5. The largest absolute Gasteiger partial charge is 0.384 e. The van der Waals surface area contributed by atoms with E-state index < -0.39 is 0 Å². The summed E-state index contributed by atoms with van der Waals surface area (Å²) in [6.07, 6.45) is 4.72. The van der Waals surface area contributed by atoms with Crippen molar-refractivity contribution < 1.29 is 0 Å². The first-order valence-corrected chi connectivity index (χ1v) is 7.19. The smallest absolute Gasteiger partial charge is 0.110 e. The van der Waals surface area contributed by atoms with E-state index in [1.165, 1.54) is 3.57 Å².